The van der Waals surface area contributed by atoms with Crippen molar-refractivity contribution in [1.29, 1.82) is 0 Å². The molecule has 206 valence electrons. The highest BCUT2D eigenvalue weighted by atomic mass is 19.1. The number of nitrogens with zero attached hydrogens (tertiary/aromatic N) is 2. The molecule has 2 aromatic heterocycles. The average molecular weight is 546 g/mol. The minimum absolute atomic E-state index is 0.143. The second-order valence-corrected chi connectivity index (χ2v) is 10.0. The van der Waals surface area contributed by atoms with Crippen LogP contribution in [0.1, 0.15) is 42.4 Å². The first-order chi connectivity index (χ1) is 19.1. The summed E-state index contributed by atoms with van der Waals surface area (Å²) in [5, 5.41) is 0.797. The minimum Gasteiger partial charge on any atom is -0.462 e. The van der Waals surface area contributed by atoms with Crippen molar-refractivity contribution in [2.45, 2.75) is 26.2 Å². The van der Waals surface area contributed by atoms with Gasteiger partial charge >= 0.3 is 12.1 Å². The average Bonchev–Trinajstić information content (AvgIpc) is 3.57. The van der Waals surface area contributed by atoms with Crippen molar-refractivity contribution in [3.8, 4) is 5.75 Å². The maximum absolute atomic E-state index is 13.5. The Morgan fingerprint density at radius 2 is 1.88 bits per heavy atom. The quantitative estimate of drug-likeness (QED) is 0.315. The van der Waals surface area contributed by atoms with Crippen LogP contribution in [0.4, 0.5) is 15.1 Å². The highest BCUT2D eigenvalue weighted by molar-refractivity contribution is 6.18. The fourth-order valence-electron chi connectivity index (χ4n) is 4.89. The number of benzene rings is 2. The van der Waals surface area contributed by atoms with Crippen LogP contribution in [-0.4, -0.2) is 48.1 Å². The standard InChI is InChI=1S/C30H28FN3O6/c1-5-38-28(36)22-16-34(27(35)18-8-10-19(31)11-9-18)17-30(2,3)25-21-13-12-20(15-23(21)32-26(22)25)40-29(37)33(4)24-7-6-14-39-24/h6-16,32H,5,17H2,1-4H3. The van der Waals surface area contributed by atoms with Gasteiger partial charge in [-0.25, -0.2) is 14.0 Å². The fourth-order valence-corrected chi connectivity index (χ4v) is 4.89. The first-order valence-corrected chi connectivity index (χ1v) is 12.7. The Morgan fingerprint density at radius 3 is 2.55 bits per heavy atom. The predicted molar refractivity (Wildman–Crippen MR) is 147 cm³/mol. The highest BCUT2D eigenvalue weighted by Crippen LogP contribution is 2.41. The lowest BCUT2D eigenvalue weighted by Gasteiger charge is -2.29. The molecule has 1 aliphatic rings. The topological polar surface area (TPSA) is 105 Å². The molecule has 0 saturated heterocycles. The molecule has 0 bridgehead atoms. The molecule has 0 atom stereocenters. The number of anilines is 1. The summed E-state index contributed by atoms with van der Waals surface area (Å²) in [4.78, 5) is 45.2. The number of hydrogen-bond donors (Lipinski definition) is 1. The maximum Gasteiger partial charge on any atom is 0.421 e. The summed E-state index contributed by atoms with van der Waals surface area (Å²) in [6, 6.07) is 13.7. The Hall–Kier alpha value is -4.86. The third-order valence-electron chi connectivity index (χ3n) is 6.73. The molecule has 0 saturated carbocycles. The smallest absolute Gasteiger partial charge is 0.421 e. The monoisotopic (exact) mass is 545 g/mol. The Morgan fingerprint density at radius 1 is 1.12 bits per heavy atom. The maximum atomic E-state index is 13.5. The van der Waals surface area contributed by atoms with E-state index < -0.39 is 23.3 Å². The third-order valence-corrected chi connectivity index (χ3v) is 6.73. The Kier molecular flexibility index (Phi) is 6.93. The zero-order chi connectivity index (χ0) is 28.6. The second kappa shape index (κ2) is 10.4. The van der Waals surface area contributed by atoms with Crippen molar-refractivity contribution in [2.24, 2.45) is 0 Å². The van der Waals surface area contributed by atoms with E-state index in [-0.39, 0.29) is 30.2 Å². The van der Waals surface area contributed by atoms with Crippen molar-refractivity contribution in [3.63, 3.8) is 0 Å². The molecular formula is C30H28FN3O6. The number of fused-ring (bicyclic) bond motifs is 3. The molecule has 0 aliphatic carbocycles. The molecular weight excluding hydrogens is 517 g/mol. The van der Waals surface area contributed by atoms with Crippen LogP contribution in [0.5, 0.6) is 5.75 Å². The summed E-state index contributed by atoms with van der Waals surface area (Å²) < 4.78 is 29.6. The lowest BCUT2D eigenvalue weighted by atomic mass is 9.81. The number of H-pyrrole nitrogens is 1. The van der Waals surface area contributed by atoms with Crippen LogP contribution in [-0.2, 0) is 14.9 Å². The minimum atomic E-state index is -0.634. The number of carbonyl (C=O) groups excluding carboxylic acids is 3. The predicted octanol–water partition coefficient (Wildman–Crippen LogP) is 5.87. The van der Waals surface area contributed by atoms with Crippen molar-refractivity contribution < 1.29 is 32.7 Å². The van der Waals surface area contributed by atoms with Crippen molar-refractivity contribution in [3.05, 3.63) is 89.7 Å². The molecule has 5 rings (SSSR count). The molecule has 10 heteroatoms. The van der Waals surface area contributed by atoms with Gasteiger partial charge in [-0.05, 0) is 55.0 Å². The van der Waals surface area contributed by atoms with E-state index in [2.05, 4.69) is 4.98 Å². The molecule has 0 spiro atoms. The summed E-state index contributed by atoms with van der Waals surface area (Å²) in [7, 11) is 1.54. The number of ether oxygens (including phenoxy) is 2. The van der Waals surface area contributed by atoms with Gasteiger partial charge in [0.2, 0.25) is 5.88 Å². The zero-order valence-electron chi connectivity index (χ0n) is 22.5. The molecule has 0 unspecified atom stereocenters. The Bertz CT molecular complexity index is 1620. The van der Waals surface area contributed by atoms with E-state index in [0.717, 1.165) is 10.9 Å². The zero-order valence-corrected chi connectivity index (χ0v) is 22.5. The third kappa shape index (κ3) is 4.95. The number of nitrogens with one attached hydrogen (secondary N) is 1. The SMILES string of the molecule is CCOC(=O)C1=CN(C(=O)c2ccc(F)cc2)CC(C)(C)c2c1[nH]c1cc(OC(=O)N(C)c3ccco3)ccc21. The van der Waals surface area contributed by atoms with E-state index >= 15 is 0 Å². The van der Waals surface area contributed by atoms with Crippen LogP contribution in [0.25, 0.3) is 16.5 Å². The van der Waals surface area contributed by atoms with Gasteiger partial charge in [0.05, 0.1) is 24.1 Å². The first-order valence-electron chi connectivity index (χ1n) is 12.7. The van der Waals surface area contributed by atoms with E-state index in [0.29, 0.717) is 22.8 Å². The van der Waals surface area contributed by atoms with Gasteiger partial charge in [0.1, 0.15) is 11.6 Å². The van der Waals surface area contributed by atoms with Gasteiger partial charge in [-0.1, -0.05) is 13.8 Å². The summed E-state index contributed by atoms with van der Waals surface area (Å²) in [6.07, 6.45) is 2.30. The molecule has 2 amide bonds. The molecule has 3 heterocycles. The van der Waals surface area contributed by atoms with Gasteiger partial charge in [0.25, 0.3) is 5.91 Å². The number of aromatic nitrogens is 1. The molecule has 40 heavy (non-hydrogen) atoms. The lowest BCUT2D eigenvalue weighted by molar-refractivity contribution is -0.136. The number of rotatable bonds is 5. The van der Waals surface area contributed by atoms with Crippen molar-refractivity contribution in [1.82, 2.24) is 9.88 Å². The number of aromatic amines is 1. The van der Waals surface area contributed by atoms with Gasteiger partial charge in [-0.15, -0.1) is 0 Å². The summed E-state index contributed by atoms with van der Waals surface area (Å²) in [5.41, 5.74) is 1.78. The van der Waals surface area contributed by atoms with Gasteiger partial charge in [0.15, 0.2) is 0 Å². The molecule has 0 fully saturated rings. The molecule has 1 N–H and O–H groups in total. The number of hydrogen-bond acceptors (Lipinski definition) is 6. The van der Waals surface area contributed by atoms with Gasteiger partial charge in [-0.2, -0.15) is 0 Å². The number of amides is 2. The largest absolute Gasteiger partial charge is 0.462 e. The molecule has 1 aliphatic heterocycles. The van der Waals surface area contributed by atoms with Crippen LogP contribution in [0.2, 0.25) is 0 Å². The number of esters is 1. The van der Waals surface area contributed by atoms with Crippen LogP contribution in [0.15, 0.2) is 71.5 Å². The molecule has 2 aromatic carbocycles. The van der Waals surface area contributed by atoms with E-state index in [1.54, 1.807) is 31.2 Å². The highest BCUT2D eigenvalue weighted by Gasteiger charge is 2.37. The summed E-state index contributed by atoms with van der Waals surface area (Å²) >= 11 is 0. The van der Waals surface area contributed by atoms with Crippen LogP contribution in [0.3, 0.4) is 0 Å². The van der Waals surface area contributed by atoms with Gasteiger partial charge in [-0.3, -0.25) is 9.69 Å². The summed E-state index contributed by atoms with van der Waals surface area (Å²) in [6.45, 7) is 6.02. The molecule has 0 radical (unpaired) electrons. The normalized spacial score (nSPS) is 14.2. The van der Waals surface area contributed by atoms with E-state index in [1.165, 1.54) is 53.6 Å². The Balaban J connectivity index is 1.55. The number of carbonyl (C=O) groups is 3. The van der Waals surface area contributed by atoms with Gasteiger partial charge in [0, 0.05) is 53.8 Å². The lowest BCUT2D eigenvalue weighted by Crippen LogP contribution is -2.37. The molecule has 9 nitrogen and oxygen atoms in total. The fraction of sp³-hybridized carbons (Fsp3) is 0.233. The van der Waals surface area contributed by atoms with E-state index in [4.69, 9.17) is 13.9 Å². The Labute approximate surface area is 229 Å². The number of furan rings is 1. The number of halogens is 1. The first kappa shape index (κ1) is 26.7. The summed E-state index contributed by atoms with van der Waals surface area (Å²) in [5.74, 6) is -0.797. The van der Waals surface area contributed by atoms with Crippen molar-refractivity contribution in [2.75, 3.05) is 25.1 Å². The van der Waals surface area contributed by atoms with Crippen LogP contribution >= 0.6 is 0 Å². The van der Waals surface area contributed by atoms with E-state index in [1.807, 2.05) is 19.9 Å². The van der Waals surface area contributed by atoms with E-state index in [9.17, 15) is 18.8 Å². The van der Waals surface area contributed by atoms with Crippen LogP contribution in [0, 0.1) is 5.82 Å². The van der Waals surface area contributed by atoms with Crippen molar-refractivity contribution >= 4 is 40.3 Å². The molecule has 4 aromatic rings. The second-order valence-electron chi connectivity index (χ2n) is 10.0. The van der Waals surface area contributed by atoms with Crippen LogP contribution < -0.4 is 9.64 Å². The van der Waals surface area contributed by atoms with Gasteiger partial charge < -0.3 is 23.8 Å².